The van der Waals surface area contributed by atoms with Crippen LogP contribution in [0.3, 0.4) is 0 Å². The number of thiocarbonyl (C=S) groups is 1. The van der Waals surface area contributed by atoms with Crippen LogP contribution in [0.15, 0.2) is 48.5 Å². The first-order valence-electron chi connectivity index (χ1n) is 6.06. The highest BCUT2D eigenvalue weighted by atomic mass is 35.5. The Kier molecular flexibility index (Phi) is 4.40. The van der Waals surface area contributed by atoms with Crippen molar-refractivity contribution in [2.45, 2.75) is 6.92 Å². The molecule has 2 aromatic carbocycles. The standard InChI is InChI=1S/C15H15ClN2S/c1-2-18(11-7-4-3-5-8-11)13-10-6-9-12(16)14(13)15(17)19/h3-10H,2H2,1H3,(H2,17,19). The SMILES string of the molecule is CCN(c1ccccc1)c1cccc(Cl)c1C(N)=S. The van der Waals surface area contributed by atoms with Crippen LogP contribution in [0.5, 0.6) is 0 Å². The van der Waals surface area contributed by atoms with Gasteiger partial charge in [-0.25, -0.2) is 0 Å². The van der Waals surface area contributed by atoms with Gasteiger partial charge in [0.1, 0.15) is 4.99 Å². The number of benzene rings is 2. The topological polar surface area (TPSA) is 29.3 Å². The van der Waals surface area contributed by atoms with Crippen molar-refractivity contribution in [2.24, 2.45) is 5.73 Å². The van der Waals surface area contributed by atoms with Crippen LogP contribution < -0.4 is 10.6 Å². The van der Waals surface area contributed by atoms with Crippen molar-refractivity contribution in [2.75, 3.05) is 11.4 Å². The van der Waals surface area contributed by atoms with E-state index >= 15 is 0 Å². The fourth-order valence-electron chi connectivity index (χ4n) is 2.08. The van der Waals surface area contributed by atoms with E-state index in [1.165, 1.54) is 0 Å². The minimum atomic E-state index is 0.315. The highest BCUT2D eigenvalue weighted by molar-refractivity contribution is 7.80. The normalized spacial score (nSPS) is 10.2. The molecule has 0 amide bonds. The van der Waals surface area contributed by atoms with Crippen molar-refractivity contribution in [3.8, 4) is 0 Å². The fraction of sp³-hybridized carbons (Fsp3) is 0.133. The molecule has 4 heteroatoms. The van der Waals surface area contributed by atoms with Gasteiger partial charge in [-0.1, -0.05) is 48.1 Å². The van der Waals surface area contributed by atoms with E-state index in [-0.39, 0.29) is 0 Å². The maximum Gasteiger partial charge on any atom is 0.107 e. The summed E-state index contributed by atoms with van der Waals surface area (Å²) < 4.78 is 0. The monoisotopic (exact) mass is 290 g/mol. The molecule has 0 saturated carbocycles. The molecule has 0 aliphatic carbocycles. The van der Waals surface area contributed by atoms with E-state index in [0.29, 0.717) is 10.0 Å². The zero-order valence-electron chi connectivity index (χ0n) is 10.6. The van der Waals surface area contributed by atoms with Crippen LogP contribution in [0, 0.1) is 0 Å². The van der Waals surface area contributed by atoms with Gasteiger partial charge in [-0.2, -0.15) is 0 Å². The molecule has 2 aromatic rings. The molecular formula is C15H15ClN2S. The van der Waals surface area contributed by atoms with Crippen LogP contribution in [0.1, 0.15) is 12.5 Å². The molecule has 0 saturated heterocycles. The Labute approximate surface area is 123 Å². The molecule has 0 heterocycles. The average Bonchev–Trinajstić information content (AvgIpc) is 2.40. The zero-order valence-corrected chi connectivity index (χ0v) is 12.2. The van der Waals surface area contributed by atoms with E-state index in [4.69, 9.17) is 29.6 Å². The minimum Gasteiger partial charge on any atom is -0.389 e. The van der Waals surface area contributed by atoms with Gasteiger partial charge < -0.3 is 10.6 Å². The van der Waals surface area contributed by atoms with Crippen molar-refractivity contribution >= 4 is 40.2 Å². The summed E-state index contributed by atoms with van der Waals surface area (Å²) in [5.74, 6) is 0. The lowest BCUT2D eigenvalue weighted by Gasteiger charge is -2.26. The van der Waals surface area contributed by atoms with Gasteiger partial charge in [0.15, 0.2) is 0 Å². The summed E-state index contributed by atoms with van der Waals surface area (Å²) >= 11 is 11.3. The summed E-state index contributed by atoms with van der Waals surface area (Å²) in [5, 5.41) is 0.583. The van der Waals surface area contributed by atoms with E-state index in [9.17, 15) is 0 Å². The van der Waals surface area contributed by atoms with Crippen LogP contribution in [0.2, 0.25) is 5.02 Å². The molecule has 0 aromatic heterocycles. The summed E-state index contributed by atoms with van der Waals surface area (Å²) in [5.41, 5.74) is 8.56. The molecule has 0 unspecified atom stereocenters. The van der Waals surface area contributed by atoms with Crippen molar-refractivity contribution in [1.29, 1.82) is 0 Å². The second-order valence-electron chi connectivity index (χ2n) is 4.08. The molecule has 2 nitrogen and oxygen atoms in total. The Hall–Kier alpha value is -1.58. The Morgan fingerprint density at radius 1 is 1.16 bits per heavy atom. The first-order valence-corrected chi connectivity index (χ1v) is 6.84. The van der Waals surface area contributed by atoms with Gasteiger partial charge in [0.25, 0.3) is 0 Å². The van der Waals surface area contributed by atoms with Gasteiger partial charge in [0.2, 0.25) is 0 Å². The van der Waals surface area contributed by atoms with Crippen molar-refractivity contribution in [3.63, 3.8) is 0 Å². The molecule has 0 aliphatic heterocycles. The lowest BCUT2D eigenvalue weighted by Crippen LogP contribution is -2.21. The molecular weight excluding hydrogens is 276 g/mol. The molecule has 0 bridgehead atoms. The zero-order chi connectivity index (χ0) is 13.8. The number of hydrogen-bond donors (Lipinski definition) is 1. The number of para-hydroxylation sites is 1. The Balaban J connectivity index is 2.56. The highest BCUT2D eigenvalue weighted by Gasteiger charge is 2.15. The largest absolute Gasteiger partial charge is 0.389 e. The summed E-state index contributed by atoms with van der Waals surface area (Å²) in [6.45, 7) is 2.89. The third kappa shape index (κ3) is 2.88. The van der Waals surface area contributed by atoms with E-state index in [2.05, 4.69) is 11.8 Å². The Morgan fingerprint density at radius 3 is 2.42 bits per heavy atom. The molecule has 0 spiro atoms. The highest BCUT2D eigenvalue weighted by Crippen LogP contribution is 2.32. The smallest absolute Gasteiger partial charge is 0.107 e. The number of nitrogens with zero attached hydrogens (tertiary/aromatic N) is 1. The molecule has 98 valence electrons. The van der Waals surface area contributed by atoms with E-state index in [0.717, 1.165) is 23.5 Å². The average molecular weight is 291 g/mol. The van der Waals surface area contributed by atoms with Crippen molar-refractivity contribution in [3.05, 3.63) is 59.1 Å². The predicted octanol–water partition coefficient (Wildman–Crippen LogP) is 4.13. The van der Waals surface area contributed by atoms with Gasteiger partial charge in [0.05, 0.1) is 16.3 Å². The summed E-state index contributed by atoms with van der Waals surface area (Å²) in [4.78, 5) is 2.45. The maximum absolute atomic E-state index is 6.22. The quantitative estimate of drug-likeness (QED) is 0.859. The fourth-order valence-corrected chi connectivity index (χ4v) is 2.62. The third-order valence-electron chi connectivity index (χ3n) is 2.91. The summed E-state index contributed by atoms with van der Waals surface area (Å²) in [6, 6.07) is 15.8. The number of rotatable bonds is 4. The van der Waals surface area contributed by atoms with Crippen LogP contribution in [0.4, 0.5) is 11.4 Å². The molecule has 2 rings (SSSR count). The Morgan fingerprint density at radius 2 is 1.84 bits per heavy atom. The lowest BCUT2D eigenvalue weighted by atomic mass is 10.1. The second-order valence-corrected chi connectivity index (χ2v) is 4.93. The summed E-state index contributed by atoms with van der Waals surface area (Å²) in [7, 11) is 0. The van der Waals surface area contributed by atoms with Gasteiger partial charge >= 0.3 is 0 Å². The van der Waals surface area contributed by atoms with Gasteiger partial charge in [-0.15, -0.1) is 0 Å². The lowest BCUT2D eigenvalue weighted by molar-refractivity contribution is 1.02. The molecule has 0 aliphatic rings. The van der Waals surface area contributed by atoms with Crippen LogP contribution in [0.25, 0.3) is 0 Å². The van der Waals surface area contributed by atoms with Gasteiger partial charge in [0, 0.05) is 12.2 Å². The number of nitrogens with two attached hydrogens (primary N) is 1. The van der Waals surface area contributed by atoms with Crippen molar-refractivity contribution < 1.29 is 0 Å². The molecule has 0 atom stereocenters. The van der Waals surface area contributed by atoms with Gasteiger partial charge in [-0.3, -0.25) is 0 Å². The number of anilines is 2. The maximum atomic E-state index is 6.22. The third-order valence-corrected chi connectivity index (χ3v) is 3.43. The summed E-state index contributed by atoms with van der Waals surface area (Å²) in [6.07, 6.45) is 0. The van der Waals surface area contributed by atoms with Crippen LogP contribution in [-0.2, 0) is 0 Å². The molecule has 0 fully saturated rings. The number of hydrogen-bond acceptors (Lipinski definition) is 2. The van der Waals surface area contributed by atoms with E-state index in [1.807, 2.05) is 42.5 Å². The van der Waals surface area contributed by atoms with Crippen molar-refractivity contribution in [1.82, 2.24) is 0 Å². The molecule has 19 heavy (non-hydrogen) atoms. The minimum absolute atomic E-state index is 0.315. The molecule has 2 N–H and O–H groups in total. The number of halogens is 1. The second kappa shape index (κ2) is 6.04. The van der Waals surface area contributed by atoms with E-state index in [1.54, 1.807) is 6.07 Å². The first kappa shape index (κ1) is 13.8. The molecule has 0 radical (unpaired) electrons. The predicted molar refractivity (Wildman–Crippen MR) is 86.5 cm³/mol. The Bertz CT molecular complexity index is 584. The first-order chi connectivity index (χ1) is 9.15. The van der Waals surface area contributed by atoms with Crippen LogP contribution in [-0.4, -0.2) is 11.5 Å². The van der Waals surface area contributed by atoms with E-state index < -0.39 is 0 Å². The van der Waals surface area contributed by atoms with Crippen LogP contribution >= 0.6 is 23.8 Å². The van der Waals surface area contributed by atoms with Gasteiger partial charge in [-0.05, 0) is 31.2 Å².